The molecule has 0 rings (SSSR count). The number of rotatable bonds is 24. The third kappa shape index (κ3) is 12.9. The van der Waals surface area contributed by atoms with Crippen molar-refractivity contribution in [2.45, 2.75) is 171 Å². The molecule has 0 aliphatic heterocycles. The molecule has 2 atom stereocenters. The van der Waals surface area contributed by atoms with Gasteiger partial charge in [-0.25, -0.2) is 19.4 Å². The molecule has 0 aromatic carbocycles. The zero-order valence-electron chi connectivity index (χ0n) is 27.3. The molecule has 0 radical (unpaired) electrons. The molecular weight excluding hydrogens is 504 g/mol. The van der Waals surface area contributed by atoms with Crippen LogP contribution >= 0.6 is 0 Å². The summed E-state index contributed by atoms with van der Waals surface area (Å²) in [5.41, 5.74) is -2.65. The van der Waals surface area contributed by atoms with Gasteiger partial charge in [0.1, 0.15) is 22.4 Å². The molecule has 2 unspecified atom stereocenters. The van der Waals surface area contributed by atoms with Crippen molar-refractivity contribution >= 4 is 23.5 Å². The highest BCUT2D eigenvalue weighted by atomic mass is 17.2. The Morgan fingerprint density at radius 1 is 0.525 bits per heavy atom. The molecule has 0 fully saturated rings. The van der Waals surface area contributed by atoms with Crippen LogP contribution in [0.5, 0.6) is 0 Å². The summed E-state index contributed by atoms with van der Waals surface area (Å²) in [6, 6.07) is 0. The summed E-state index contributed by atoms with van der Waals surface area (Å²) in [6.07, 6.45) is 12.7. The number of carbonyl (C=O) groups is 4. The fourth-order valence-corrected chi connectivity index (χ4v) is 5.45. The SMILES string of the molecule is CCCCC(CC)(C(=O)CCCCCC(C)C)C(=O)OOC(=O)C(CC)(CCCC)C(=O)CCCCCC(C)C. The first-order valence-corrected chi connectivity index (χ1v) is 16.5. The smallest absolute Gasteiger partial charge is 0.298 e. The number of Topliss-reactive ketones (excluding diaryl/α,β-unsaturated/α-hetero) is 2. The Bertz CT molecular complexity index is 681. The van der Waals surface area contributed by atoms with Crippen molar-refractivity contribution in [2.24, 2.45) is 22.7 Å². The molecule has 0 heterocycles. The maximum Gasteiger partial charge on any atom is 0.368 e. The predicted octanol–water partition coefficient (Wildman–Crippen LogP) is 9.51. The largest absolute Gasteiger partial charge is 0.368 e. The first-order valence-electron chi connectivity index (χ1n) is 16.5. The van der Waals surface area contributed by atoms with Crippen molar-refractivity contribution in [1.82, 2.24) is 0 Å². The lowest BCUT2D eigenvalue weighted by Gasteiger charge is -2.30. The lowest BCUT2D eigenvalue weighted by atomic mass is 9.74. The number of hydrogen-bond donors (Lipinski definition) is 0. The van der Waals surface area contributed by atoms with E-state index in [0.717, 1.165) is 64.2 Å². The van der Waals surface area contributed by atoms with E-state index in [9.17, 15) is 19.2 Å². The first-order chi connectivity index (χ1) is 19.0. The van der Waals surface area contributed by atoms with Gasteiger partial charge >= 0.3 is 11.9 Å². The normalized spacial score (nSPS) is 14.6. The van der Waals surface area contributed by atoms with Gasteiger partial charge in [0.15, 0.2) is 0 Å². The van der Waals surface area contributed by atoms with Gasteiger partial charge in [0, 0.05) is 12.8 Å². The Morgan fingerprint density at radius 2 is 0.875 bits per heavy atom. The maximum atomic E-state index is 13.4. The standard InChI is InChI=1S/C34H62O6/c1-9-13-25-33(11-3,29(35)23-19-15-17-21-27(5)6)31(37)39-40-32(38)34(12-4,26-14-10-2)30(36)24-20-16-18-22-28(7)8/h27-28H,9-26H2,1-8H3. The van der Waals surface area contributed by atoms with E-state index < -0.39 is 22.8 Å². The average Bonchev–Trinajstić information content (AvgIpc) is 2.92. The maximum absolute atomic E-state index is 13.4. The van der Waals surface area contributed by atoms with Gasteiger partial charge in [-0.15, -0.1) is 0 Å². The lowest BCUT2D eigenvalue weighted by molar-refractivity contribution is -0.272. The third-order valence-corrected chi connectivity index (χ3v) is 8.53. The van der Waals surface area contributed by atoms with Crippen LogP contribution in [0.1, 0.15) is 171 Å². The van der Waals surface area contributed by atoms with Gasteiger partial charge in [0.05, 0.1) is 0 Å². The summed E-state index contributed by atoms with van der Waals surface area (Å²) in [5, 5.41) is 0. The van der Waals surface area contributed by atoms with Gasteiger partial charge in [-0.05, 0) is 50.4 Å². The van der Waals surface area contributed by atoms with E-state index in [4.69, 9.17) is 9.78 Å². The van der Waals surface area contributed by atoms with E-state index >= 15 is 0 Å². The second kappa shape index (κ2) is 21.1. The second-order valence-electron chi connectivity index (χ2n) is 12.7. The van der Waals surface area contributed by atoms with E-state index in [1.165, 1.54) is 0 Å². The zero-order valence-corrected chi connectivity index (χ0v) is 27.3. The van der Waals surface area contributed by atoms with E-state index in [1.54, 1.807) is 0 Å². The third-order valence-electron chi connectivity index (χ3n) is 8.53. The summed E-state index contributed by atoms with van der Waals surface area (Å²) in [6.45, 7) is 16.4. The van der Waals surface area contributed by atoms with Gasteiger partial charge in [-0.2, -0.15) is 0 Å². The van der Waals surface area contributed by atoms with Crippen LogP contribution in [-0.4, -0.2) is 23.5 Å². The Morgan fingerprint density at radius 3 is 1.15 bits per heavy atom. The molecule has 0 saturated heterocycles. The minimum atomic E-state index is -1.33. The molecule has 0 spiro atoms. The van der Waals surface area contributed by atoms with Gasteiger partial charge in [0.25, 0.3) is 0 Å². The Hall–Kier alpha value is -1.72. The second-order valence-corrected chi connectivity index (χ2v) is 12.7. The predicted molar refractivity (Wildman–Crippen MR) is 163 cm³/mol. The van der Waals surface area contributed by atoms with Gasteiger partial charge in [0.2, 0.25) is 0 Å². The van der Waals surface area contributed by atoms with E-state index in [-0.39, 0.29) is 24.4 Å². The topological polar surface area (TPSA) is 86.7 Å². The first kappa shape index (κ1) is 38.3. The molecule has 0 aromatic rings. The quantitative estimate of drug-likeness (QED) is 0.0500. The molecular formula is C34H62O6. The summed E-state index contributed by atoms with van der Waals surface area (Å²) >= 11 is 0. The number of carbonyl (C=O) groups excluding carboxylic acids is 4. The molecule has 0 bridgehead atoms. The van der Waals surface area contributed by atoms with Gasteiger partial charge in [-0.1, -0.05) is 120 Å². The minimum Gasteiger partial charge on any atom is -0.298 e. The van der Waals surface area contributed by atoms with E-state index in [1.807, 2.05) is 27.7 Å². The molecule has 6 heteroatoms. The van der Waals surface area contributed by atoms with Crippen LogP contribution < -0.4 is 0 Å². The molecule has 0 aliphatic carbocycles. The van der Waals surface area contributed by atoms with Crippen LogP contribution in [0.2, 0.25) is 0 Å². The van der Waals surface area contributed by atoms with Crippen molar-refractivity contribution in [3.63, 3.8) is 0 Å². The summed E-state index contributed by atoms with van der Waals surface area (Å²) in [7, 11) is 0. The van der Waals surface area contributed by atoms with Crippen LogP contribution in [0.15, 0.2) is 0 Å². The van der Waals surface area contributed by atoms with Crippen LogP contribution in [-0.2, 0) is 29.0 Å². The van der Waals surface area contributed by atoms with E-state index in [2.05, 4.69) is 27.7 Å². The molecule has 234 valence electrons. The number of hydrogen-bond acceptors (Lipinski definition) is 6. The minimum absolute atomic E-state index is 0.140. The molecule has 40 heavy (non-hydrogen) atoms. The van der Waals surface area contributed by atoms with Gasteiger partial charge in [-0.3, -0.25) is 9.59 Å². The summed E-state index contributed by atoms with van der Waals surface area (Å²) in [5.74, 6) is -0.623. The average molecular weight is 567 g/mol. The molecule has 0 aromatic heterocycles. The van der Waals surface area contributed by atoms with Crippen LogP contribution in [0, 0.1) is 22.7 Å². The van der Waals surface area contributed by atoms with Crippen molar-refractivity contribution in [1.29, 1.82) is 0 Å². The molecule has 0 aliphatic rings. The fourth-order valence-electron chi connectivity index (χ4n) is 5.45. The Labute approximate surface area is 246 Å². The molecule has 6 nitrogen and oxygen atoms in total. The molecule has 0 amide bonds. The fraction of sp³-hybridized carbons (Fsp3) is 0.882. The van der Waals surface area contributed by atoms with Crippen molar-refractivity contribution < 1.29 is 29.0 Å². The summed E-state index contributed by atoms with van der Waals surface area (Å²) < 4.78 is 0. The van der Waals surface area contributed by atoms with Crippen LogP contribution in [0.4, 0.5) is 0 Å². The highest BCUT2D eigenvalue weighted by Crippen LogP contribution is 2.37. The number of ketones is 2. The van der Waals surface area contributed by atoms with Crippen molar-refractivity contribution in [3.05, 3.63) is 0 Å². The summed E-state index contributed by atoms with van der Waals surface area (Å²) in [4.78, 5) is 64.0. The number of unbranched alkanes of at least 4 members (excludes halogenated alkanes) is 6. The Balaban J connectivity index is 5.53. The van der Waals surface area contributed by atoms with E-state index in [0.29, 0.717) is 50.4 Å². The highest BCUT2D eigenvalue weighted by molar-refractivity contribution is 6.05. The lowest BCUT2D eigenvalue weighted by Crippen LogP contribution is -2.44. The molecule has 0 N–H and O–H groups in total. The monoisotopic (exact) mass is 566 g/mol. The van der Waals surface area contributed by atoms with Crippen LogP contribution in [0.3, 0.4) is 0 Å². The zero-order chi connectivity index (χ0) is 30.6. The highest BCUT2D eigenvalue weighted by Gasteiger charge is 2.48. The van der Waals surface area contributed by atoms with Gasteiger partial charge < -0.3 is 0 Å². The Kier molecular flexibility index (Phi) is 20.1. The van der Waals surface area contributed by atoms with Crippen LogP contribution in [0.25, 0.3) is 0 Å². The molecule has 0 saturated carbocycles. The van der Waals surface area contributed by atoms with Crippen molar-refractivity contribution in [2.75, 3.05) is 0 Å². The van der Waals surface area contributed by atoms with Crippen molar-refractivity contribution in [3.8, 4) is 0 Å².